The van der Waals surface area contributed by atoms with Gasteiger partial charge in [-0.3, -0.25) is 4.79 Å². The van der Waals surface area contributed by atoms with E-state index in [0.717, 1.165) is 28.0 Å². The van der Waals surface area contributed by atoms with Crippen LogP contribution in [0.15, 0.2) is 42.5 Å². The Morgan fingerprint density at radius 1 is 0.931 bits per heavy atom. The molecule has 3 rings (SSSR count). The van der Waals surface area contributed by atoms with Gasteiger partial charge in [-0.2, -0.15) is 0 Å². The number of benzene rings is 2. The summed E-state index contributed by atoms with van der Waals surface area (Å²) in [4.78, 5) is 23.9. The van der Waals surface area contributed by atoms with Crippen LogP contribution in [0.4, 0.5) is 0 Å². The Kier molecular flexibility index (Phi) is 6.22. The zero-order valence-corrected chi connectivity index (χ0v) is 17.2. The molecule has 0 fully saturated rings. The Morgan fingerprint density at radius 2 is 1.62 bits per heavy atom. The highest BCUT2D eigenvalue weighted by molar-refractivity contribution is 6.09. The lowest BCUT2D eigenvalue weighted by Crippen LogP contribution is -2.14. The molecule has 0 spiro atoms. The number of carbonyl (C=O) groups is 2. The third-order valence-corrected chi connectivity index (χ3v) is 4.60. The van der Waals surface area contributed by atoms with Crippen LogP contribution >= 0.6 is 0 Å². The van der Waals surface area contributed by atoms with Crippen molar-refractivity contribution >= 4 is 22.7 Å². The smallest absolute Gasteiger partial charge is 0.344 e. The average molecular weight is 395 g/mol. The molecule has 0 radical (unpaired) electrons. The van der Waals surface area contributed by atoms with E-state index in [1.54, 1.807) is 26.0 Å². The Bertz CT molecular complexity index is 1030. The molecule has 1 heterocycles. The van der Waals surface area contributed by atoms with Gasteiger partial charge in [0, 0.05) is 22.3 Å². The van der Waals surface area contributed by atoms with Crippen molar-refractivity contribution < 1.29 is 23.8 Å². The maximum Gasteiger partial charge on any atom is 0.344 e. The lowest BCUT2D eigenvalue weighted by atomic mass is 10.1. The van der Waals surface area contributed by atoms with Gasteiger partial charge < -0.3 is 18.8 Å². The highest BCUT2D eigenvalue weighted by Crippen LogP contribution is 2.32. The van der Waals surface area contributed by atoms with E-state index < -0.39 is 5.97 Å². The highest BCUT2D eigenvalue weighted by atomic mass is 16.6. The lowest BCUT2D eigenvalue weighted by Gasteiger charge is -2.10. The normalized spacial score (nSPS) is 10.8. The van der Waals surface area contributed by atoms with E-state index >= 15 is 0 Å². The molecule has 6 nitrogen and oxygen atoms in total. The minimum absolute atomic E-state index is 0.0280. The van der Waals surface area contributed by atoms with Crippen LogP contribution in [0.2, 0.25) is 0 Å². The van der Waals surface area contributed by atoms with Gasteiger partial charge in [-0.15, -0.1) is 0 Å². The molecule has 2 aromatic carbocycles. The summed E-state index contributed by atoms with van der Waals surface area (Å²) in [6.45, 7) is 7.90. The van der Waals surface area contributed by atoms with Crippen LogP contribution in [0.5, 0.6) is 11.5 Å². The molecule has 0 aliphatic heterocycles. The first kappa shape index (κ1) is 20.5. The van der Waals surface area contributed by atoms with Crippen molar-refractivity contribution in [3.8, 4) is 17.2 Å². The quantitative estimate of drug-likeness (QED) is 0.415. The summed E-state index contributed by atoms with van der Waals surface area (Å²) in [6.07, 6.45) is 0. The summed E-state index contributed by atoms with van der Waals surface area (Å²) < 4.78 is 18.0. The molecule has 6 heteroatoms. The maximum atomic E-state index is 12.4. The van der Waals surface area contributed by atoms with E-state index in [1.807, 2.05) is 48.7 Å². The van der Waals surface area contributed by atoms with Crippen LogP contribution in [0, 0.1) is 6.92 Å². The average Bonchev–Trinajstić information content (AvgIpc) is 2.99. The third kappa shape index (κ3) is 4.26. The van der Waals surface area contributed by atoms with Gasteiger partial charge in [-0.1, -0.05) is 0 Å². The molecule has 0 amide bonds. The molecule has 0 unspecified atom stereocenters. The molecule has 0 saturated heterocycles. The number of ketones is 1. The number of Topliss-reactive ketones (excluding diaryl/α,β-unsaturated/α-hetero) is 1. The number of aromatic nitrogens is 1. The van der Waals surface area contributed by atoms with Gasteiger partial charge in [0.25, 0.3) is 0 Å². The summed E-state index contributed by atoms with van der Waals surface area (Å²) in [5, 5.41) is 0.783. The lowest BCUT2D eigenvalue weighted by molar-refractivity contribution is -0.145. The second kappa shape index (κ2) is 8.82. The van der Waals surface area contributed by atoms with Crippen LogP contribution in [-0.2, 0) is 9.53 Å². The van der Waals surface area contributed by atoms with Crippen LogP contribution in [0.25, 0.3) is 16.6 Å². The van der Waals surface area contributed by atoms with E-state index in [-0.39, 0.29) is 12.4 Å². The van der Waals surface area contributed by atoms with Crippen molar-refractivity contribution in [1.29, 1.82) is 0 Å². The standard InChI is InChI=1S/C23H25NO5/c1-5-27-18-9-7-17(8-10-18)24-15(3)23(16(4)25)20-13-19(11-12-21(20)24)29-14-22(26)28-6-2/h7-13H,5-6,14H2,1-4H3. The number of hydrogen-bond donors (Lipinski definition) is 0. The van der Waals surface area contributed by atoms with Gasteiger partial charge in [0.1, 0.15) is 11.5 Å². The first-order valence-electron chi connectivity index (χ1n) is 9.63. The summed E-state index contributed by atoms with van der Waals surface area (Å²) in [5.74, 6) is 0.853. The second-order valence-electron chi connectivity index (χ2n) is 6.55. The van der Waals surface area contributed by atoms with Gasteiger partial charge >= 0.3 is 5.97 Å². The minimum Gasteiger partial charge on any atom is -0.494 e. The Labute approximate surface area is 170 Å². The Hall–Kier alpha value is -3.28. The molecule has 0 saturated carbocycles. The van der Waals surface area contributed by atoms with Crippen LogP contribution in [-0.4, -0.2) is 36.1 Å². The molecule has 29 heavy (non-hydrogen) atoms. The van der Waals surface area contributed by atoms with E-state index in [2.05, 4.69) is 0 Å². The van der Waals surface area contributed by atoms with Gasteiger partial charge in [0.15, 0.2) is 12.4 Å². The van der Waals surface area contributed by atoms with Crippen molar-refractivity contribution in [3.63, 3.8) is 0 Å². The fourth-order valence-corrected chi connectivity index (χ4v) is 3.47. The molecule has 0 bridgehead atoms. The van der Waals surface area contributed by atoms with E-state index in [4.69, 9.17) is 14.2 Å². The SMILES string of the molecule is CCOC(=O)COc1ccc2c(c1)c(C(C)=O)c(C)n2-c1ccc(OCC)cc1. The highest BCUT2D eigenvalue weighted by Gasteiger charge is 2.19. The largest absolute Gasteiger partial charge is 0.494 e. The van der Waals surface area contributed by atoms with E-state index in [9.17, 15) is 9.59 Å². The fourth-order valence-electron chi connectivity index (χ4n) is 3.47. The topological polar surface area (TPSA) is 66.8 Å². The molecular weight excluding hydrogens is 370 g/mol. The number of hydrogen-bond acceptors (Lipinski definition) is 5. The third-order valence-electron chi connectivity index (χ3n) is 4.60. The van der Waals surface area contributed by atoms with Crippen LogP contribution < -0.4 is 9.47 Å². The summed E-state index contributed by atoms with van der Waals surface area (Å²) in [6, 6.07) is 13.2. The Balaban J connectivity index is 2.04. The molecule has 152 valence electrons. The molecule has 0 aliphatic carbocycles. The summed E-state index contributed by atoms with van der Waals surface area (Å²) >= 11 is 0. The number of ether oxygens (including phenoxy) is 3. The first-order chi connectivity index (χ1) is 14.0. The van der Waals surface area contributed by atoms with Crippen LogP contribution in [0.3, 0.4) is 0 Å². The van der Waals surface area contributed by atoms with Crippen molar-refractivity contribution in [1.82, 2.24) is 4.57 Å². The molecule has 3 aromatic rings. The van der Waals surface area contributed by atoms with Crippen LogP contribution in [0.1, 0.15) is 36.8 Å². The zero-order valence-electron chi connectivity index (χ0n) is 17.2. The Morgan fingerprint density at radius 3 is 2.24 bits per heavy atom. The zero-order chi connectivity index (χ0) is 21.0. The summed E-state index contributed by atoms with van der Waals surface area (Å²) in [5.41, 5.74) is 3.30. The number of carbonyl (C=O) groups excluding carboxylic acids is 2. The number of nitrogens with zero attached hydrogens (tertiary/aromatic N) is 1. The molecule has 1 aromatic heterocycles. The molecule has 0 N–H and O–H groups in total. The molecule has 0 aliphatic rings. The van der Waals surface area contributed by atoms with Gasteiger partial charge in [0.05, 0.1) is 18.7 Å². The van der Waals surface area contributed by atoms with Crippen molar-refractivity contribution in [3.05, 3.63) is 53.7 Å². The van der Waals surface area contributed by atoms with Crippen molar-refractivity contribution in [2.45, 2.75) is 27.7 Å². The van der Waals surface area contributed by atoms with E-state index in [1.165, 1.54) is 0 Å². The predicted octanol–water partition coefficient (Wildman–Crippen LogP) is 4.48. The molecule has 0 atom stereocenters. The van der Waals surface area contributed by atoms with Gasteiger partial charge in [0.2, 0.25) is 0 Å². The summed E-state index contributed by atoms with van der Waals surface area (Å²) in [7, 11) is 0. The van der Waals surface area contributed by atoms with Gasteiger partial charge in [-0.05, 0) is 70.2 Å². The fraction of sp³-hybridized carbons (Fsp3) is 0.304. The number of esters is 1. The first-order valence-corrected chi connectivity index (χ1v) is 9.63. The monoisotopic (exact) mass is 395 g/mol. The number of rotatable bonds is 8. The molecular formula is C23H25NO5. The maximum absolute atomic E-state index is 12.4. The van der Waals surface area contributed by atoms with Crippen molar-refractivity contribution in [2.75, 3.05) is 19.8 Å². The second-order valence-corrected chi connectivity index (χ2v) is 6.55. The van der Waals surface area contributed by atoms with Crippen molar-refractivity contribution in [2.24, 2.45) is 0 Å². The predicted molar refractivity (Wildman–Crippen MR) is 111 cm³/mol. The number of fused-ring (bicyclic) bond motifs is 1. The van der Waals surface area contributed by atoms with E-state index in [0.29, 0.717) is 24.5 Å². The minimum atomic E-state index is -0.428. The van der Waals surface area contributed by atoms with Gasteiger partial charge in [-0.25, -0.2) is 4.79 Å².